The maximum absolute atomic E-state index is 2.59. The third-order valence-corrected chi connectivity index (χ3v) is 4.53. The topological polar surface area (TPSA) is 3.01 Å². The SMILES string of the molecule is CC1CC2(C)CN2c2c1ccc1ccccc21. The molecular weight excluding hydrogens is 206 g/mol. The Kier molecular flexibility index (Phi) is 1.59. The van der Waals surface area contributed by atoms with Gasteiger partial charge in [-0.15, -0.1) is 0 Å². The van der Waals surface area contributed by atoms with Gasteiger partial charge in [0.2, 0.25) is 0 Å². The largest absolute Gasteiger partial charge is 0.361 e. The quantitative estimate of drug-likeness (QED) is 0.612. The van der Waals surface area contributed by atoms with Crippen molar-refractivity contribution in [3.05, 3.63) is 42.0 Å². The van der Waals surface area contributed by atoms with Gasteiger partial charge < -0.3 is 4.90 Å². The molecule has 2 aliphatic heterocycles. The summed E-state index contributed by atoms with van der Waals surface area (Å²) >= 11 is 0. The molecule has 0 bridgehead atoms. The van der Waals surface area contributed by atoms with Gasteiger partial charge in [-0.3, -0.25) is 0 Å². The van der Waals surface area contributed by atoms with Crippen LogP contribution in [0.2, 0.25) is 0 Å². The van der Waals surface area contributed by atoms with Crippen LogP contribution in [0.4, 0.5) is 5.69 Å². The van der Waals surface area contributed by atoms with Crippen LogP contribution in [0.1, 0.15) is 31.7 Å². The van der Waals surface area contributed by atoms with Crippen molar-refractivity contribution in [1.29, 1.82) is 0 Å². The molecule has 0 spiro atoms. The fraction of sp³-hybridized carbons (Fsp3) is 0.375. The summed E-state index contributed by atoms with van der Waals surface area (Å²) in [5, 5.41) is 2.80. The van der Waals surface area contributed by atoms with Gasteiger partial charge in [0.25, 0.3) is 0 Å². The first kappa shape index (κ1) is 9.52. The van der Waals surface area contributed by atoms with E-state index in [9.17, 15) is 0 Å². The van der Waals surface area contributed by atoms with Crippen molar-refractivity contribution in [2.75, 3.05) is 11.4 Å². The number of rotatable bonds is 0. The Bertz CT molecular complexity index is 616. The zero-order valence-corrected chi connectivity index (χ0v) is 10.4. The van der Waals surface area contributed by atoms with Gasteiger partial charge >= 0.3 is 0 Å². The van der Waals surface area contributed by atoms with Crippen LogP contribution >= 0.6 is 0 Å². The molecule has 0 radical (unpaired) electrons. The van der Waals surface area contributed by atoms with Crippen molar-refractivity contribution in [3.63, 3.8) is 0 Å². The zero-order chi connectivity index (χ0) is 11.6. The molecule has 2 unspecified atom stereocenters. The number of fused-ring (bicyclic) bond motifs is 5. The van der Waals surface area contributed by atoms with Crippen molar-refractivity contribution in [2.24, 2.45) is 0 Å². The van der Waals surface area contributed by atoms with E-state index in [2.05, 4.69) is 55.1 Å². The Morgan fingerprint density at radius 2 is 2.00 bits per heavy atom. The van der Waals surface area contributed by atoms with Gasteiger partial charge in [0.05, 0.1) is 5.54 Å². The van der Waals surface area contributed by atoms with Crippen LogP contribution in [0.5, 0.6) is 0 Å². The lowest BCUT2D eigenvalue weighted by Gasteiger charge is -2.29. The molecule has 1 nitrogen and oxygen atoms in total. The Balaban J connectivity index is 2.07. The summed E-state index contributed by atoms with van der Waals surface area (Å²) in [5.41, 5.74) is 3.49. The molecule has 4 rings (SSSR count). The van der Waals surface area contributed by atoms with Gasteiger partial charge in [-0.2, -0.15) is 0 Å². The first-order valence-electron chi connectivity index (χ1n) is 6.48. The molecule has 0 N–H and O–H groups in total. The highest BCUT2D eigenvalue weighted by Crippen LogP contribution is 2.54. The average molecular weight is 223 g/mol. The molecule has 2 aliphatic rings. The second-order valence-corrected chi connectivity index (χ2v) is 5.91. The predicted octanol–water partition coefficient (Wildman–Crippen LogP) is 3.93. The standard InChI is InChI=1S/C16H17N/c1-11-9-16(2)10-17(16)15-13(11)8-7-12-5-3-4-6-14(12)15/h3-8,11H,9-10H2,1-2H3. The van der Waals surface area contributed by atoms with Gasteiger partial charge in [-0.1, -0.05) is 43.3 Å². The van der Waals surface area contributed by atoms with Crippen molar-refractivity contribution in [1.82, 2.24) is 0 Å². The normalized spacial score (nSPS) is 30.0. The molecule has 2 heterocycles. The van der Waals surface area contributed by atoms with E-state index in [4.69, 9.17) is 0 Å². The van der Waals surface area contributed by atoms with E-state index < -0.39 is 0 Å². The van der Waals surface area contributed by atoms with Crippen molar-refractivity contribution in [3.8, 4) is 0 Å². The summed E-state index contributed by atoms with van der Waals surface area (Å²) in [6.45, 7) is 6.00. The summed E-state index contributed by atoms with van der Waals surface area (Å²) in [5.74, 6) is 0.693. The molecule has 0 aromatic heterocycles. The zero-order valence-electron chi connectivity index (χ0n) is 10.4. The van der Waals surface area contributed by atoms with E-state index in [1.54, 1.807) is 5.56 Å². The van der Waals surface area contributed by atoms with Gasteiger partial charge in [0.15, 0.2) is 0 Å². The highest BCUT2D eigenvalue weighted by atomic mass is 15.4. The fourth-order valence-corrected chi connectivity index (χ4v) is 3.57. The van der Waals surface area contributed by atoms with Crippen LogP contribution in [0, 0.1) is 0 Å². The van der Waals surface area contributed by atoms with Crippen molar-refractivity contribution in [2.45, 2.75) is 31.7 Å². The fourth-order valence-electron chi connectivity index (χ4n) is 3.57. The van der Waals surface area contributed by atoms with Crippen LogP contribution < -0.4 is 4.90 Å². The summed E-state index contributed by atoms with van der Waals surface area (Å²) in [6.07, 6.45) is 1.30. The molecular formula is C16H17N. The average Bonchev–Trinajstić information content (AvgIpc) is 3.00. The van der Waals surface area contributed by atoms with E-state index in [0.717, 1.165) is 0 Å². The number of benzene rings is 2. The molecule has 0 amide bonds. The maximum atomic E-state index is 2.59. The minimum atomic E-state index is 0.441. The Hall–Kier alpha value is -1.50. The molecule has 1 fully saturated rings. The Labute approximate surface area is 102 Å². The third kappa shape index (κ3) is 1.14. The third-order valence-electron chi connectivity index (χ3n) is 4.53. The molecule has 1 heteroatoms. The molecule has 17 heavy (non-hydrogen) atoms. The highest BCUT2D eigenvalue weighted by molar-refractivity contribution is 5.98. The molecule has 1 saturated heterocycles. The first-order chi connectivity index (χ1) is 8.19. The molecule has 2 aromatic carbocycles. The second kappa shape index (κ2) is 2.84. The minimum Gasteiger partial charge on any atom is -0.361 e. The second-order valence-electron chi connectivity index (χ2n) is 5.91. The Morgan fingerprint density at radius 1 is 1.18 bits per heavy atom. The lowest BCUT2D eigenvalue weighted by atomic mass is 9.85. The number of hydrogen-bond donors (Lipinski definition) is 0. The van der Waals surface area contributed by atoms with Crippen molar-refractivity contribution < 1.29 is 0 Å². The van der Waals surface area contributed by atoms with Gasteiger partial charge in [0, 0.05) is 17.6 Å². The van der Waals surface area contributed by atoms with E-state index in [-0.39, 0.29) is 0 Å². The molecule has 86 valence electrons. The smallest absolute Gasteiger partial charge is 0.0556 e. The predicted molar refractivity (Wildman–Crippen MR) is 72.7 cm³/mol. The van der Waals surface area contributed by atoms with E-state index in [1.165, 1.54) is 29.4 Å². The molecule has 0 saturated carbocycles. The van der Waals surface area contributed by atoms with Crippen LogP contribution in [0.15, 0.2) is 36.4 Å². The van der Waals surface area contributed by atoms with Gasteiger partial charge in [0.1, 0.15) is 0 Å². The summed E-state index contributed by atoms with van der Waals surface area (Å²) in [4.78, 5) is 2.59. The number of nitrogens with zero attached hydrogens (tertiary/aromatic N) is 1. The monoisotopic (exact) mass is 223 g/mol. The molecule has 2 aromatic rings. The van der Waals surface area contributed by atoms with Crippen LogP contribution in [0.3, 0.4) is 0 Å². The lowest BCUT2D eigenvalue weighted by Crippen LogP contribution is -2.22. The molecule has 0 aliphatic carbocycles. The first-order valence-corrected chi connectivity index (χ1v) is 6.48. The van der Waals surface area contributed by atoms with Gasteiger partial charge in [-0.05, 0) is 30.2 Å². The molecule has 2 atom stereocenters. The lowest BCUT2D eigenvalue weighted by molar-refractivity contribution is 0.552. The van der Waals surface area contributed by atoms with E-state index in [0.29, 0.717) is 11.5 Å². The highest BCUT2D eigenvalue weighted by Gasteiger charge is 2.52. The van der Waals surface area contributed by atoms with E-state index >= 15 is 0 Å². The minimum absolute atomic E-state index is 0.441. The van der Waals surface area contributed by atoms with Crippen LogP contribution in [0.25, 0.3) is 10.8 Å². The summed E-state index contributed by atoms with van der Waals surface area (Å²) in [7, 11) is 0. The summed E-state index contributed by atoms with van der Waals surface area (Å²) in [6, 6.07) is 13.4. The van der Waals surface area contributed by atoms with Crippen LogP contribution in [-0.2, 0) is 0 Å². The summed E-state index contributed by atoms with van der Waals surface area (Å²) < 4.78 is 0. The number of anilines is 1. The Morgan fingerprint density at radius 3 is 2.88 bits per heavy atom. The van der Waals surface area contributed by atoms with E-state index in [1.807, 2.05) is 0 Å². The van der Waals surface area contributed by atoms with Crippen LogP contribution in [-0.4, -0.2) is 12.1 Å². The number of hydrogen-bond acceptors (Lipinski definition) is 1. The van der Waals surface area contributed by atoms with Gasteiger partial charge in [-0.25, -0.2) is 0 Å². The maximum Gasteiger partial charge on any atom is 0.0556 e. The van der Waals surface area contributed by atoms with Crippen molar-refractivity contribution >= 4 is 16.5 Å².